The van der Waals surface area contributed by atoms with Gasteiger partial charge in [0.15, 0.2) is 0 Å². The summed E-state index contributed by atoms with van der Waals surface area (Å²) in [5.41, 5.74) is -0.759. The van der Waals surface area contributed by atoms with Gasteiger partial charge in [-0.15, -0.1) is 0 Å². The molecule has 0 amide bonds. The largest absolute Gasteiger partial charge is 0.419 e. The van der Waals surface area contributed by atoms with Crippen LogP contribution >= 0.6 is 11.6 Å². The van der Waals surface area contributed by atoms with Gasteiger partial charge >= 0.3 is 6.18 Å². The maximum Gasteiger partial charge on any atom is 0.419 e. The van der Waals surface area contributed by atoms with Gasteiger partial charge in [0.1, 0.15) is 6.20 Å². The van der Waals surface area contributed by atoms with Crippen molar-refractivity contribution in [3.05, 3.63) is 53.2 Å². The number of nitrogens with zero attached hydrogens (tertiary/aromatic N) is 2. The van der Waals surface area contributed by atoms with Crippen molar-refractivity contribution in [2.45, 2.75) is 11.1 Å². The zero-order valence-electron chi connectivity index (χ0n) is 13.5. The standard InChI is InChI=1S/C16H15ClF3N3O2S/c17-13-2-4-14(5-3-13)26(24,25)23-9-7-22(8-10-23)15-6-1-12(11-21-15)16(18,19)20/h1-6,11H,7-10H2/p+1. The van der Waals surface area contributed by atoms with E-state index in [1.165, 1.54) is 34.6 Å². The Bertz CT molecular complexity index is 863. The van der Waals surface area contributed by atoms with Crippen LogP contribution in [0.1, 0.15) is 5.56 Å². The number of sulfonamides is 1. The molecule has 1 N–H and O–H groups in total. The normalized spacial score (nSPS) is 16.7. The first-order chi connectivity index (χ1) is 12.2. The van der Waals surface area contributed by atoms with Gasteiger partial charge in [-0.3, -0.25) is 4.90 Å². The number of aromatic nitrogens is 1. The minimum atomic E-state index is -4.40. The number of nitrogens with one attached hydrogen (secondary N) is 1. The number of aromatic amines is 1. The van der Waals surface area contributed by atoms with Crippen LogP contribution in [0.5, 0.6) is 0 Å². The molecule has 2 heterocycles. The summed E-state index contributed by atoms with van der Waals surface area (Å²) in [6.07, 6.45) is -3.49. The average Bonchev–Trinajstić information content (AvgIpc) is 2.62. The first kappa shape index (κ1) is 18.9. The number of anilines is 1. The van der Waals surface area contributed by atoms with Crippen molar-refractivity contribution in [1.82, 2.24) is 4.31 Å². The third-order valence-corrected chi connectivity index (χ3v) is 6.32. The van der Waals surface area contributed by atoms with E-state index >= 15 is 0 Å². The second-order valence-corrected chi connectivity index (χ2v) is 8.18. The van der Waals surface area contributed by atoms with Crippen LogP contribution in [0.2, 0.25) is 5.02 Å². The topological polar surface area (TPSA) is 54.8 Å². The molecular formula is C16H16ClF3N3O2S+. The van der Waals surface area contributed by atoms with Crippen LogP contribution in [0.4, 0.5) is 19.0 Å². The number of alkyl halides is 3. The van der Waals surface area contributed by atoms with Crippen LogP contribution in [-0.4, -0.2) is 38.9 Å². The van der Waals surface area contributed by atoms with Gasteiger partial charge in [0.25, 0.3) is 5.82 Å². The van der Waals surface area contributed by atoms with Gasteiger partial charge < -0.3 is 0 Å². The lowest BCUT2D eigenvalue weighted by atomic mass is 10.2. The Labute approximate surface area is 154 Å². The Balaban J connectivity index is 1.68. The van der Waals surface area contributed by atoms with Gasteiger partial charge in [-0.2, -0.15) is 17.5 Å². The van der Waals surface area contributed by atoms with E-state index in [0.717, 1.165) is 12.3 Å². The molecule has 1 saturated heterocycles. The molecular weight excluding hydrogens is 391 g/mol. The van der Waals surface area contributed by atoms with Crippen LogP contribution < -0.4 is 9.88 Å². The van der Waals surface area contributed by atoms with E-state index in [2.05, 4.69) is 4.98 Å². The SMILES string of the molecule is O=S(=O)(c1ccc(Cl)cc1)N1CCN(c2ccc(C(F)(F)F)c[nH+]2)CC1. The number of pyridine rings is 1. The molecule has 0 atom stereocenters. The summed E-state index contributed by atoms with van der Waals surface area (Å²) in [5, 5.41) is 0.451. The lowest BCUT2D eigenvalue weighted by molar-refractivity contribution is -0.367. The van der Waals surface area contributed by atoms with Crippen LogP contribution in [0.15, 0.2) is 47.5 Å². The first-order valence-electron chi connectivity index (χ1n) is 7.77. The van der Waals surface area contributed by atoms with Gasteiger partial charge in [0, 0.05) is 11.1 Å². The van der Waals surface area contributed by atoms with Gasteiger partial charge in [-0.05, 0) is 30.3 Å². The van der Waals surface area contributed by atoms with Gasteiger partial charge in [-0.25, -0.2) is 13.4 Å². The van der Waals surface area contributed by atoms with E-state index in [1.54, 1.807) is 0 Å². The zero-order valence-corrected chi connectivity index (χ0v) is 15.1. The molecule has 140 valence electrons. The smallest absolute Gasteiger partial charge is 0.259 e. The molecule has 1 fully saturated rings. The minimum absolute atomic E-state index is 0.163. The number of halogens is 4. The Morgan fingerprint density at radius 1 is 0.962 bits per heavy atom. The Morgan fingerprint density at radius 3 is 2.08 bits per heavy atom. The maximum absolute atomic E-state index is 12.6. The van der Waals surface area contributed by atoms with Crippen molar-refractivity contribution in [1.29, 1.82) is 0 Å². The van der Waals surface area contributed by atoms with Crippen LogP contribution in [-0.2, 0) is 16.2 Å². The number of hydrogen-bond acceptors (Lipinski definition) is 3. The quantitative estimate of drug-likeness (QED) is 0.787. The van der Waals surface area contributed by atoms with E-state index in [4.69, 9.17) is 11.6 Å². The lowest BCUT2D eigenvalue weighted by Crippen LogP contribution is -2.49. The molecule has 0 saturated carbocycles. The summed E-state index contributed by atoms with van der Waals surface area (Å²) in [5.74, 6) is 0.515. The van der Waals surface area contributed by atoms with E-state index in [9.17, 15) is 21.6 Å². The molecule has 1 aromatic heterocycles. The Morgan fingerprint density at radius 2 is 1.58 bits per heavy atom. The molecule has 0 unspecified atom stereocenters. The molecule has 26 heavy (non-hydrogen) atoms. The van der Waals surface area contributed by atoms with Gasteiger partial charge in [-0.1, -0.05) is 11.6 Å². The van der Waals surface area contributed by atoms with Crippen molar-refractivity contribution in [3.8, 4) is 0 Å². The van der Waals surface area contributed by atoms with Crippen molar-refractivity contribution in [2.24, 2.45) is 0 Å². The third kappa shape index (κ3) is 3.94. The van der Waals surface area contributed by atoms with E-state index in [1.807, 2.05) is 4.90 Å². The molecule has 1 aliphatic heterocycles. The van der Waals surface area contributed by atoms with Gasteiger partial charge in [0.2, 0.25) is 10.0 Å². The molecule has 0 radical (unpaired) electrons. The zero-order chi connectivity index (χ0) is 18.9. The van der Waals surface area contributed by atoms with Crippen LogP contribution in [0.3, 0.4) is 0 Å². The third-order valence-electron chi connectivity index (χ3n) is 4.15. The fourth-order valence-corrected chi connectivity index (χ4v) is 4.26. The predicted octanol–water partition coefficient (Wildman–Crippen LogP) is 2.68. The molecule has 10 heteroatoms. The minimum Gasteiger partial charge on any atom is -0.259 e. The Hall–Kier alpha value is -1.84. The second kappa shape index (κ2) is 7.05. The summed E-state index contributed by atoms with van der Waals surface area (Å²) in [4.78, 5) is 4.60. The fraction of sp³-hybridized carbons (Fsp3) is 0.312. The highest BCUT2D eigenvalue weighted by molar-refractivity contribution is 7.89. The number of benzene rings is 1. The van der Waals surface area contributed by atoms with E-state index in [0.29, 0.717) is 23.9 Å². The number of hydrogen-bond donors (Lipinski definition) is 0. The van der Waals surface area contributed by atoms with E-state index in [-0.39, 0.29) is 18.0 Å². The van der Waals surface area contributed by atoms with Crippen molar-refractivity contribution in [2.75, 3.05) is 31.1 Å². The highest BCUT2D eigenvalue weighted by Gasteiger charge is 2.34. The molecule has 3 rings (SSSR count). The Kier molecular flexibility index (Phi) is 5.14. The summed E-state index contributed by atoms with van der Waals surface area (Å²) in [7, 11) is -3.62. The fourth-order valence-electron chi connectivity index (χ4n) is 2.71. The monoisotopic (exact) mass is 406 g/mol. The van der Waals surface area contributed by atoms with Crippen LogP contribution in [0.25, 0.3) is 0 Å². The summed E-state index contributed by atoms with van der Waals surface area (Å²) < 4.78 is 64.5. The molecule has 1 aromatic carbocycles. The highest BCUT2D eigenvalue weighted by atomic mass is 35.5. The van der Waals surface area contributed by atoms with Crippen molar-refractivity contribution < 1.29 is 26.6 Å². The van der Waals surface area contributed by atoms with Crippen molar-refractivity contribution in [3.63, 3.8) is 0 Å². The molecule has 0 bridgehead atoms. The molecule has 0 spiro atoms. The lowest BCUT2D eigenvalue weighted by Gasteiger charge is -2.30. The molecule has 2 aromatic rings. The van der Waals surface area contributed by atoms with Crippen LogP contribution in [0, 0.1) is 0 Å². The van der Waals surface area contributed by atoms with E-state index < -0.39 is 21.8 Å². The molecule has 5 nitrogen and oxygen atoms in total. The first-order valence-corrected chi connectivity index (χ1v) is 9.59. The second-order valence-electron chi connectivity index (χ2n) is 5.81. The average molecular weight is 407 g/mol. The van der Waals surface area contributed by atoms with Gasteiger partial charge in [0.05, 0.1) is 36.6 Å². The predicted molar refractivity (Wildman–Crippen MR) is 90.4 cm³/mol. The highest BCUT2D eigenvalue weighted by Crippen LogP contribution is 2.28. The number of piperazine rings is 1. The maximum atomic E-state index is 12.6. The number of rotatable bonds is 3. The summed E-state index contributed by atoms with van der Waals surface area (Å²) in [6, 6.07) is 8.29. The summed E-state index contributed by atoms with van der Waals surface area (Å²) in [6.45, 7) is 1.21. The number of H-pyrrole nitrogens is 1. The molecule has 1 aliphatic rings. The van der Waals surface area contributed by atoms with Crippen molar-refractivity contribution >= 4 is 27.4 Å². The molecule has 0 aliphatic carbocycles. The summed E-state index contributed by atoms with van der Waals surface area (Å²) >= 11 is 5.78.